The molecule has 0 nitrogen and oxygen atoms in total. The van der Waals surface area contributed by atoms with Gasteiger partial charge in [-0.05, 0) is 23.7 Å². The maximum absolute atomic E-state index is 2.45. The fraction of sp³-hybridized carbons (Fsp3) is 1.00. The molecule has 0 spiro atoms. The largest absolute Gasteiger partial charge is 0.0625 e. The molecule has 0 aromatic carbocycles. The summed E-state index contributed by atoms with van der Waals surface area (Å²) in [6, 6.07) is 0. The first-order valence-electron chi connectivity index (χ1n) is 6.29. The topological polar surface area (TPSA) is 0 Å². The summed E-state index contributed by atoms with van der Waals surface area (Å²) < 4.78 is 0. The Balaban J connectivity index is 2.11. The lowest BCUT2D eigenvalue weighted by Crippen LogP contribution is -2.30. The minimum atomic E-state index is 0.938. The minimum Gasteiger partial charge on any atom is -0.0625 e. The molecule has 0 heteroatoms. The second-order valence-corrected chi connectivity index (χ2v) is 5.56. The molecular formula is C13H24. The van der Waals surface area contributed by atoms with Gasteiger partial charge in [0.05, 0.1) is 0 Å². The highest BCUT2D eigenvalue weighted by Gasteiger charge is 2.35. The molecule has 2 saturated carbocycles. The normalized spacial score (nSPS) is 40.4. The Morgan fingerprint density at radius 2 is 1.23 bits per heavy atom. The highest BCUT2D eigenvalue weighted by molar-refractivity contribution is 4.86. The first-order valence-corrected chi connectivity index (χ1v) is 6.29. The molecule has 2 fully saturated rings. The van der Waals surface area contributed by atoms with E-state index in [-0.39, 0.29) is 0 Å². The van der Waals surface area contributed by atoms with Gasteiger partial charge in [-0.25, -0.2) is 0 Å². The lowest BCUT2D eigenvalue weighted by Gasteiger charge is -2.39. The maximum Gasteiger partial charge on any atom is -0.0334 e. The van der Waals surface area contributed by atoms with Gasteiger partial charge in [0.15, 0.2) is 0 Å². The standard InChI is InChI=1S/C13H24/c1-10(2)13-11-6-3-4-7-12(13)9-5-8-11/h10-13H,3-9H2,1-2H3. The van der Waals surface area contributed by atoms with Gasteiger partial charge in [-0.3, -0.25) is 0 Å². The highest BCUT2D eigenvalue weighted by Crippen LogP contribution is 2.46. The molecule has 0 amide bonds. The molecule has 0 saturated heterocycles. The molecule has 2 bridgehead atoms. The molecule has 0 heterocycles. The van der Waals surface area contributed by atoms with Crippen LogP contribution < -0.4 is 0 Å². The summed E-state index contributed by atoms with van der Waals surface area (Å²) in [7, 11) is 0. The maximum atomic E-state index is 2.45. The van der Waals surface area contributed by atoms with Gasteiger partial charge in [0, 0.05) is 0 Å². The van der Waals surface area contributed by atoms with Gasteiger partial charge in [0.2, 0.25) is 0 Å². The van der Waals surface area contributed by atoms with E-state index in [9.17, 15) is 0 Å². The molecule has 0 radical (unpaired) electrons. The van der Waals surface area contributed by atoms with Crippen LogP contribution in [0.2, 0.25) is 0 Å². The minimum absolute atomic E-state index is 0.938. The summed E-state index contributed by atoms with van der Waals surface area (Å²) in [5, 5.41) is 0. The SMILES string of the molecule is CC(C)C1C2CCCCC1CCC2. The average molecular weight is 180 g/mol. The first-order chi connectivity index (χ1) is 6.29. The Morgan fingerprint density at radius 1 is 0.769 bits per heavy atom. The Bertz CT molecular complexity index is 145. The van der Waals surface area contributed by atoms with Crippen LogP contribution in [-0.4, -0.2) is 0 Å². The van der Waals surface area contributed by atoms with E-state index < -0.39 is 0 Å². The van der Waals surface area contributed by atoms with Crippen LogP contribution in [0.3, 0.4) is 0 Å². The second-order valence-electron chi connectivity index (χ2n) is 5.56. The van der Waals surface area contributed by atoms with Crippen LogP contribution in [-0.2, 0) is 0 Å². The smallest absolute Gasteiger partial charge is 0.0334 e. The zero-order valence-corrected chi connectivity index (χ0v) is 9.26. The van der Waals surface area contributed by atoms with Gasteiger partial charge in [0.1, 0.15) is 0 Å². The van der Waals surface area contributed by atoms with Gasteiger partial charge in [0.25, 0.3) is 0 Å². The van der Waals surface area contributed by atoms with E-state index in [1.807, 2.05) is 0 Å². The summed E-state index contributed by atoms with van der Waals surface area (Å²) in [4.78, 5) is 0. The molecule has 0 aromatic rings. The zero-order chi connectivity index (χ0) is 9.26. The summed E-state index contributed by atoms with van der Waals surface area (Å²) in [5.74, 6) is 4.21. The van der Waals surface area contributed by atoms with Crippen molar-refractivity contribution in [3.05, 3.63) is 0 Å². The van der Waals surface area contributed by atoms with Crippen LogP contribution in [0.15, 0.2) is 0 Å². The molecule has 2 rings (SSSR count). The number of fused-ring (bicyclic) bond motifs is 2. The summed E-state index contributed by atoms with van der Waals surface area (Å²) >= 11 is 0. The van der Waals surface area contributed by atoms with E-state index >= 15 is 0 Å². The molecule has 13 heavy (non-hydrogen) atoms. The van der Waals surface area contributed by atoms with Crippen molar-refractivity contribution in [3.8, 4) is 0 Å². The van der Waals surface area contributed by atoms with Gasteiger partial charge in [-0.2, -0.15) is 0 Å². The molecule has 0 N–H and O–H groups in total. The quantitative estimate of drug-likeness (QED) is 0.566. The van der Waals surface area contributed by atoms with E-state index in [0.29, 0.717) is 0 Å². The van der Waals surface area contributed by atoms with E-state index in [1.54, 1.807) is 25.7 Å². The lowest BCUT2D eigenvalue weighted by atomic mass is 9.66. The number of hydrogen-bond donors (Lipinski definition) is 0. The zero-order valence-electron chi connectivity index (χ0n) is 9.26. The summed E-state index contributed by atoms with van der Waals surface area (Å²) in [6.45, 7) is 4.89. The monoisotopic (exact) mass is 180 g/mol. The van der Waals surface area contributed by atoms with Crippen molar-refractivity contribution in [2.75, 3.05) is 0 Å². The molecule has 2 unspecified atom stereocenters. The van der Waals surface area contributed by atoms with Gasteiger partial charge in [-0.1, -0.05) is 58.8 Å². The second kappa shape index (κ2) is 4.02. The van der Waals surface area contributed by atoms with Crippen molar-refractivity contribution in [1.29, 1.82) is 0 Å². The van der Waals surface area contributed by atoms with Crippen molar-refractivity contribution in [1.82, 2.24) is 0 Å². The number of hydrogen-bond acceptors (Lipinski definition) is 0. The van der Waals surface area contributed by atoms with E-state index in [4.69, 9.17) is 0 Å². The van der Waals surface area contributed by atoms with Gasteiger partial charge >= 0.3 is 0 Å². The van der Waals surface area contributed by atoms with Crippen molar-refractivity contribution in [2.24, 2.45) is 23.7 Å². The summed E-state index contributed by atoms with van der Waals surface area (Å²) in [6.07, 6.45) is 10.7. The fourth-order valence-electron chi connectivity index (χ4n) is 3.99. The lowest BCUT2D eigenvalue weighted by molar-refractivity contribution is 0.109. The first kappa shape index (κ1) is 9.55. The van der Waals surface area contributed by atoms with Crippen LogP contribution in [0, 0.1) is 23.7 Å². The third-order valence-electron chi connectivity index (χ3n) is 4.41. The molecule has 2 atom stereocenters. The third-order valence-corrected chi connectivity index (χ3v) is 4.41. The van der Waals surface area contributed by atoms with Crippen LogP contribution in [0.4, 0.5) is 0 Å². The molecule has 76 valence electrons. The molecule has 0 aliphatic heterocycles. The molecule has 2 aliphatic carbocycles. The van der Waals surface area contributed by atoms with Crippen molar-refractivity contribution < 1.29 is 0 Å². The fourth-order valence-corrected chi connectivity index (χ4v) is 3.99. The van der Waals surface area contributed by atoms with Crippen molar-refractivity contribution in [2.45, 2.75) is 58.8 Å². The Morgan fingerprint density at radius 3 is 1.69 bits per heavy atom. The number of rotatable bonds is 1. The van der Waals surface area contributed by atoms with Crippen molar-refractivity contribution in [3.63, 3.8) is 0 Å². The summed E-state index contributed by atoms with van der Waals surface area (Å²) in [5.41, 5.74) is 0. The van der Waals surface area contributed by atoms with Crippen LogP contribution in [0.25, 0.3) is 0 Å². The van der Waals surface area contributed by atoms with Crippen molar-refractivity contribution >= 4 is 0 Å². The molecule has 2 aliphatic rings. The average Bonchev–Trinajstić information content (AvgIpc) is 2.22. The predicted molar refractivity (Wildman–Crippen MR) is 57.6 cm³/mol. The van der Waals surface area contributed by atoms with Crippen LogP contribution in [0.5, 0.6) is 0 Å². The van der Waals surface area contributed by atoms with Crippen LogP contribution >= 0.6 is 0 Å². The van der Waals surface area contributed by atoms with E-state index in [2.05, 4.69) is 13.8 Å². The highest BCUT2D eigenvalue weighted by atomic mass is 14.4. The predicted octanol–water partition coefficient (Wildman–Crippen LogP) is 4.25. The third kappa shape index (κ3) is 1.92. The Kier molecular flexibility index (Phi) is 2.96. The van der Waals surface area contributed by atoms with E-state index in [0.717, 1.165) is 23.7 Å². The van der Waals surface area contributed by atoms with Gasteiger partial charge < -0.3 is 0 Å². The molecular weight excluding hydrogens is 156 g/mol. The molecule has 0 aromatic heterocycles. The Labute approximate surface area is 83.1 Å². The Hall–Kier alpha value is 0. The van der Waals surface area contributed by atoms with Gasteiger partial charge in [-0.15, -0.1) is 0 Å². The van der Waals surface area contributed by atoms with Crippen LogP contribution in [0.1, 0.15) is 58.8 Å². The van der Waals surface area contributed by atoms with E-state index in [1.165, 1.54) is 19.3 Å².